The van der Waals surface area contributed by atoms with Gasteiger partial charge in [0.05, 0.1) is 95.2 Å². The van der Waals surface area contributed by atoms with Gasteiger partial charge >= 0.3 is 26.9 Å². The number of hydrogen-bond acceptors (Lipinski definition) is 39. The molecule has 10 aromatic rings. The molecule has 57 heteroatoms. The molecule has 0 bridgehead atoms. The number of rotatable bonds is 26. The second kappa shape index (κ2) is 29.1. The summed E-state index contributed by atoms with van der Waals surface area (Å²) in [5.41, 5.74) is 25.6. The number of aliphatic hydroxyl groups is 2. The highest BCUT2D eigenvalue weighted by atomic mass is 32.5. The van der Waals surface area contributed by atoms with E-state index in [0.717, 1.165) is 0 Å². The summed E-state index contributed by atoms with van der Waals surface area (Å²) in [6.07, 6.45) is -12.7. The number of imidazole rings is 5. The number of nitrogen functional groups attached to an aromatic ring is 5. The number of H-pyrrole nitrogens is 5. The van der Waals surface area contributed by atoms with Crippen LogP contribution in [0.25, 0.3) is 55.8 Å². The van der Waals surface area contributed by atoms with Gasteiger partial charge in [-0.25, -0.2) is 24.9 Å². The highest BCUT2D eigenvalue weighted by Gasteiger charge is 2.49. The van der Waals surface area contributed by atoms with Crippen molar-refractivity contribution in [3.63, 3.8) is 0 Å². The molecule has 574 valence electrons. The minimum Gasteiger partial charge on any atom is -0.394 e. The van der Waals surface area contributed by atoms with Crippen molar-refractivity contribution in [3.8, 4) is 0 Å². The predicted molar refractivity (Wildman–Crippen MR) is 378 cm³/mol. The normalized spacial score (nSPS) is 28.6. The molecule has 21 N–H and O–H groups in total. The van der Waals surface area contributed by atoms with Crippen LogP contribution < -0.4 is 56.5 Å². The Balaban J connectivity index is 0.649. The van der Waals surface area contributed by atoms with E-state index in [1.54, 1.807) is 0 Å². The second-order valence-electron chi connectivity index (χ2n) is 24.6. The number of nitrogens with one attached hydrogen (secondary N) is 5. The monoisotopic (exact) mass is 1650 g/mol. The van der Waals surface area contributed by atoms with Crippen molar-refractivity contribution in [3.05, 3.63) is 83.4 Å². The largest absolute Gasteiger partial charge is 0.394 e. The van der Waals surface area contributed by atoms with Crippen molar-refractivity contribution in [2.45, 2.75) is 124 Å². The number of aromatic nitrogens is 20. The van der Waals surface area contributed by atoms with Gasteiger partial charge in [-0.3, -0.25) is 71.7 Å². The molecule has 0 amide bonds. The summed E-state index contributed by atoms with van der Waals surface area (Å²) in [6, 6.07) is 0. The zero-order valence-corrected chi connectivity index (χ0v) is 61.0. The van der Waals surface area contributed by atoms with Crippen LogP contribution in [-0.2, 0) is 107 Å². The minimum atomic E-state index is -4.61. The molecule has 5 fully saturated rings. The first-order chi connectivity index (χ1) is 50.8. The van der Waals surface area contributed by atoms with Gasteiger partial charge in [-0.05, 0) is 47.2 Å². The summed E-state index contributed by atoms with van der Waals surface area (Å²) in [7, 11) is 0. The van der Waals surface area contributed by atoms with Gasteiger partial charge in [0.2, 0.25) is 29.7 Å². The van der Waals surface area contributed by atoms with Crippen LogP contribution in [0.3, 0.4) is 0 Å². The summed E-state index contributed by atoms with van der Waals surface area (Å²) in [4.78, 5) is 165. The SMILES string of the molecule is Nc1nc2c(ncn2C2CC(O)C(COP(O)(=S)OC3CC(n4cnc5c(=O)[nH]c(N)nc54)OC3COP(O)(=S)OC3CC(n4cnc5c(=O)[nH]c(N)nc54)OC3COP(O)(=S)OC3CC(n4cnc5c(=O)[nH]c(N)nc54)OC3COP(O)(=S)OC3CC(n4cnc5c(=O)[nH]c(N)nc54)OC3CO)O2)c(=O)[nH]1. The molecule has 0 aromatic carbocycles. The van der Waals surface area contributed by atoms with E-state index in [4.69, 9.17) is 136 Å². The maximum Gasteiger partial charge on any atom is 0.324 e. The van der Waals surface area contributed by atoms with Crippen molar-refractivity contribution in [1.29, 1.82) is 0 Å². The fourth-order valence-corrected chi connectivity index (χ4v) is 18.7. The maximum atomic E-state index is 13.0. The maximum absolute atomic E-state index is 13.0. The number of nitrogens with zero attached hydrogens (tertiary/aromatic N) is 15. The zero-order chi connectivity index (χ0) is 75.5. The van der Waals surface area contributed by atoms with E-state index in [-0.39, 0.29) is 118 Å². The summed E-state index contributed by atoms with van der Waals surface area (Å²) >= 11 is 22.3. The third-order valence-electron chi connectivity index (χ3n) is 17.6. The average Bonchev–Trinajstić information content (AvgIpc) is 1.68. The Labute approximate surface area is 613 Å². The second-order valence-corrected chi connectivity index (χ2v) is 35.7. The molecule has 15 heterocycles. The van der Waals surface area contributed by atoms with Gasteiger partial charge in [0, 0.05) is 32.1 Å². The molecule has 15 rings (SSSR count). The van der Waals surface area contributed by atoms with Gasteiger partial charge in [-0.15, -0.1) is 0 Å². The number of anilines is 5. The highest BCUT2D eigenvalue weighted by molar-refractivity contribution is 8.08. The highest BCUT2D eigenvalue weighted by Crippen LogP contribution is 2.56. The first kappa shape index (κ1) is 75.0. The lowest BCUT2D eigenvalue weighted by Gasteiger charge is -2.28. The number of aliphatic hydroxyl groups excluding tert-OH is 2. The molecular formula is C50H61N25O24P4S4. The van der Waals surface area contributed by atoms with E-state index in [2.05, 4.69) is 74.8 Å². The van der Waals surface area contributed by atoms with E-state index in [9.17, 15) is 53.8 Å². The summed E-state index contributed by atoms with van der Waals surface area (Å²) in [5.74, 6) is -1.22. The average molecular weight is 1650 g/mol. The quantitative estimate of drug-likeness (QED) is 0.0238. The van der Waals surface area contributed by atoms with Crippen LogP contribution in [0.5, 0.6) is 0 Å². The van der Waals surface area contributed by atoms with Crippen LogP contribution in [0.2, 0.25) is 0 Å². The smallest absolute Gasteiger partial charge is 0.324 e. The molecule has 10 aromatic heterocycles. The van der Waals surface area contributed by atoms with E-state index >= 15 is 0 Å². The van der Waals surface area contributed by atoms with E-state index < -0.39 is 180 Å². The fraction of sp³-hybridized carbons (Fsp3) is 0.500. The van der Waals surface area contributed by atoms with Crippen LogP contribution in [0.15, 0.2) is 55.6 Å². The van der Waals surface area contributed by atoms with Gasteiger partial charge in [0.25, 0.3) is 27.8 Å². The summed E-state index contributed by atoms with van der Waals surface area (Å²) in [6.45, 7) is -21.2. The number of hydrogen-bond donors (Lipinski definition) is 16. The minimum absolute atomic E-state index is 0.0249. The molecule has 0 radical (unpaired) electrons. The molecule has 0 aliphatic carbocycles. The Kier molecular flexibility index (Phi) is 20.4. The van der Waals surface area contributed by atoms with Crippen LogP contribution >= 0.6 is 26.9 Å². The standard InChI is InChI=1S/C50H61N25O24P4S4/c51-46-61-36-31(41(78)66-46)56-11-71(36)26-1-16(77)22(92-26)7-87-100(83,104)97-18-3-28(73-13-58-33-38(73)63-48(53)68-43(33)80)94-24(18)9-89-102(85,106)99-20-5-30(75-15-60-35-40(75)65-50(55)70-45(35)82)95-25(20)10-90-103(86,107)98-19-4-29(74-14-59-34-39(74)64-49(54)69-44(34)81)93-23(19)8-88-101(84,105)96-17-2-27(91-21(17)6-76)72-12-57-32-37(72)62-47(52)67-42(32)79/h11-30,76-77H,1-10H2,(H,83,104)(H,84,105)(H,85,106)(H,86,107)(H3,51,61,66,78)(H3,52,62,67,79)(H3,53,63,68,80)(H3,54,64,69,81)(H3,55,65,70,82). The molecule has 0 saturated carbocycles. The predicted octanol–water partition coefficient (Wildman–Crippen LogP) is -3.17. The number of nitrogens with two attached hydrogens (primary N) is 5. The first-order valence-corrected chi connectivity index (χ1v) is 42.0. The Morgan fingerprint density at radius 2 is 0.598 bits per heavy atom. The van der Waals surface area contributed by atoms with Crippen molar-refractivity contribution < 1.29 is 89.7 Å². The third kappa shape index (κ3) is 15.5. The van der Waals surface area contributed by atoms with Gasteiger partial charge in [0.1, 0.15) is 61.7 Å². The van der Waals surface area contributed by atoms with E-state index in [0.29, 0.717) is 0 Å². The molecule has 5 saturated heterocycles. The molecule has 19 atom stereocenters. The van der Waals surface area contributed by atoms with Gasteiger partial charge < -0.3 is 118 Å². The molecule has 5 aliphatic rings. The molecule has 5 aliphatic heterocycles. The van der Waals surface area contributed by atoms with E-state index in [1.807, 2.05) is 0 Å². The van der Waals surface area contributed by atoms with Crippen molar-refractivity contribution >= 4 is 160 Å². The lowest BCUT2D eigenvalue weighted by molar-refractivity contribution is -0.0557. The molecule has 49 nitrogen and oxygen atoms in total. The van der Waals surface area contributed by atoms with Crippen molar-refractivity contribution in [1.82, 2.24) is 97.6 Å². The van der Waals surface area contributed by atoms with Crippen molar-refractivity contribution in [2.75, 3.05) is 61.7 Å². The first-order valence-electron chi connectivity index (χ1n) is 31.6. The van der Waals surface area contributed by atoms with Crippen LogP contribution in [0.4, 0.5) is 29.7 Å². The van der Waals surface area contributed by atoms with Crippen LogP contribution in [0.1, 0.15) is 63.2 Å². The topological polar surface area (TPSA) is 689 Å². The molecule has 19 unspecified atom stereocenters. The lowest BCUT2D eigenvalue weighted by atomic mass is 10.2. The number of ether oxygens (including phenoxy) is 5. The Hall–Kier alpha value is -7.41. The Bertz CT molecular complexity index is 5640. The molecular weight excluding hydrogens is 1590 g/mol. The number of aromatic amines is 5. The van der Waals surface area contributed by atoms with Gasteiger partial charge in [0.15, 0.2) is 55.8 Å². The zero-order valence-electron chi connectivity index (χ0n) is 54.2. The van der Waals surface area contributed by atoms with E-state index in [1.165, 1.54) is 54.5 Å². The molecule has 107 heavy (non-hydrogen) atoms. The summed E-state index contributed by atoms with van der Waals surface area (Å²) in [5, 5.41) is 21.5. The Morgan fingerprint density at radius 3 is 0.850 bits per heavy atom. The van der Waals surface area contributed by atoms with Crippen molar-refractivity contribution in [2.24, 2.45) is 0 Å². The van der Waals surface area contributed by atoms with Gasteiger partial charge in [-0.1, -0.05) is 0 Å². The molecule has 0 spiro atoms. The van der Waals surface area contributed by atoms with Crippen LogP contribution in [-0.4, -0.2) is 221 Å². The third-order valence-corrected chi connectivity index (χ3v) is 23.9. The summed E-state index contributed by atoms with van der Waals surface area (Å²) < 4.78 is 86.1. The fourth-order valence-electron chi connectivity index (χ4n) is 12.8. The number of fused-ring (bicyclic) bond motifs is 5. The lowest BCUT2D eigenvalue weighted by Crippen LogP contribution is -2.32. The van der Waals surface area contributed by atoms with Gasteiger partial charge in [-0.2, -0.15) is 24.9 Å². The van der Waals surface area contributed by atoms with Crippen LogP contribution in [0, 0.1) is 0 Å². The Morgan fingerprint density at radius 1 is 0.383 bits per heavy atom.